The molecule has 241 valence electrons. The first-order valence-electron chi connectivity index (χ1n) is 14.2. The predicted molar refractivity (Wildman–Crippen MR) is 148 cm³/mol. The average molecular weight is 768 g/mol. The number of hydrogen-bond acceptors (Lipinski definition) is 12. The zero-order valence-electron chi connectivity index (χ0n) is 25.5. The molecule has 0 bridgehead atoms. The second-order valence-electron chi connectivity index (χ2n) is 8.46. The van der Waals surface area contributed by atoms with E-state index < -0.39 is 23.5 Å². The molecule has 1 radical (unpaired) electrons. The summed E-state index contributed by atoms with van der Waals surface area (Å²) in [5.74, 6) is 0. The summed E-state index contributed by atoms with van der Waals surface area (Å²) < 4.78 is 60.5. The fourth-order valence-corrected chi connectivity index (χ4v) is 4.38. The Morgan fingerprint density at radius 1 is 0.375 bits per heavy atom. The Morgan fingerprint density at radius 2 is 0.500 bits per heavy atom. The zero-order chi connectivity index (χ0) is 30.5. The van der Waals surface area contributed by atoms with E-state index in [-0.39, 0.29) is 81.4 Å². The molecule has 40 heavy (non-hydrogen) atoms. The molecule has 0 rings (SSSR count). The number of phosphoric acid groups is 3. The molecule has 0 aliphatic heterocycles. The van der Waals surface area contributed by atoms with Gasteiger partial charge in [0, 0.05) is 0 Å². The SMILES string of the molecule is CCCCOP(=O)([O-])OCCCC.CCCCOP(=O)([O-])OCCCC.CCCCOP(=O)([O-])OCCCC.[Ce+3]. The Labute approximate surface area is 277 Å². The number of rotatable bonds is 24. The van der Waals surface area contributed by atoms with Crippen molar-refractivity contribution in [1.82, 2.24) is 0 Å². The third kappa shape index (κ3) is 41.8. The maximum atomic E-state index is 11.0. The van der Waals surface area contributed by atoms with Crippen molar-refractivity contribution < 1.29 is 97.3 Å². The normalized spacial score (nSPS) is 11.6. The van der Waals surface area contributed by atoms with Crippen molar-refractivity contribution in [2.24, 2.45) is 0 Å². The molecule has 0 aromatic rings. The van der Waals surface area contributed by atoms with Crippen LogP contribution < -0.4 is 14.7 Å². The summed E-state index contributed by atoms with van der Waals surface area (Å²) in [5, 5.41) is 0. The van der Waals surface area contributed by atoms with Gasteiger partial charge in [0.15, 0.2) is 0 Å². The standard InChI is InChI=1S/3C8H19O4P.Ce/c3*1-3-5-7-11-13(9,10)12-8-6-4-2;/h3*3-8H2,1-2H3,(H,9,10);/q;;;+3/p-3. The molecule has 0 unspecified atom stereocenters. The van der Waals surface area contributed by atoms with Crippen molar-refractivity contribution in [3.05, 3.63) is 0 Å². The van der Waals surface area contributed by atoms with E-state index in [4.69, 9.17) is 0 Å². The minimum atomic E-state index is -4.00. The van der Waals surface area contributed by atoms with Crippen LogP contribution in [0.4, 0.5) is 0 Å². The van der Waals surface area contributed by atoms with Crippen molar-refractivity contribution in [2.75, 3.05) is 39.6 Å². The van der Waals surface area contributed by atoms with Crippen LogP contribution in [-0.2, 0) is 40.8 Å². The van der Waals surface area contributed by atoms with Crippen molar-refractivity contribution in [1.29, 1.82) is 0 Å². The van der Waals surface area contributed by atoms with Crippen LogP contribution in [0.1, 0.15) is 119 Å². The molecule has 0 amide bonds. The summed E-state index contributed by atoms with van der Waals surface area (Å²) in [7, 11) is -12.0. The molecule has 12 nitrogen and oxygen atoms in total. The molecule has 0 N–H and O–H groups in total. The van der Waals surface area contributed by atoms with Crippen LogP contribution in [0.5, 0.6) is 0 Å². The monoisotopic (exact) mass is 767 g/mol. The van der Waals surface area contributed by atoms with Gasteiger partial charge in [-0.1, -0.05) is 80.1 Å². The van der Waals surface area contributed by atoms with Crippen LogP contribution in [0.15, 0.2) is 0 Å². The summed E-state index contributed by atoms with van der Waals surface area (Å²) in [4.78, 5) is 32.9. The molecule has 0 saturated heterocycles. The van der Waals surface area contributed by atoms with Crippen molar-refractivity contribution in [3.63, 3.8) is 0 Å². The number of phosphoric ester groups is 3. The fraction of sp³-hybridized carbons (Fsp3) is 1.00. The van der Waals surface area contributed by atoms with E-state index in [0.717, 1.165) is 77.0 Å². The smallest absolute Gasteiger partial charge is 0.756 e. The quantitative estimate of drug-likeness (QED) is 0.0797. The molecule has 0 spiro atoms. The van der Waals surface area contributed by atoms with Crippen LogP contribution in [0.3, 0.4) is 0 Å². The van der Waals surface area contributed by atoms with Crippen LogP contribution in [0, 0.1) is 41.7 Å². The molecular formula is C24H54CeO12P3. The third-order valence-corrected chi connectivity index (χ3v) is 7.48. The molecule has 0 atom stereocenters. The minimum Gasteiger partial charge on any atom is -0.756 e. The first-order chi connectivity index (χ1) is 18.4. The van der Waals surface area contributed by atoms with Gasteiger partial charge >= 0.3 is 41.7 Å². The van der Waals surface area contributed by atoms with Crippen molar-refractivity contribution in [3.8, 4) is 0 Å². The van der Waals surface area contributed by atoms with Gasteiger partial charge in [0.2, 0.25) is 0 Å². The second kappa shape index (κ2) is 33.6. The Balaban J connectivity index is -0.000000240. The maximum absolute atomic E-state index is 11.0. The van der Waals surface area contributed by atoms with Crippen LogP contribution in [0.25, 0.3) is 0 Å². The fourth-order valence-electron chi connectivity index (χ4n) is 2.04. The zero-order valence-corrected chi connectivity index (χ0v) is 31.3. The van der Waals surface area contributed by atoms with Crippen molar-refractivity contribution in [2.45, 2.75) is 119 Å². The van der Waals surface area contributed by atoms with Crippen LogP contribution >= 0.6 is 23.5 Å². The first-order valence-corrected chi connectivity index (χ1v) is 18.5. The summed E-state index contributed by atoms with van der Waals surface area (Å²) in [6.45, 7) is 13.2. The predicted octanol–water partition coefficient (Wildman–Crippen LogP) is 6.26. The van der Waals surface area contributed by atoms with E-state index >= 15 is 0 Å². The van der Waals surface area contributed by atoms with E-state index in [1.54, 1.807) is 0 Å². The first kappa shape index (κ1) is 48.6. The third-order valence-electron chi connectivity index (χ3n) is 4.48. The molecule has 0 aromatic carbocycles. The van der Waals surface area contributed by atoms with E-state index in [2.05, 4.69) is 27.1 Å². The topological polar surface area (TPSA) is 176 Å². The van der Waals surface area contributed by atoms with Gasteiger partial charge in [0.05, 0.1) is 39.6 Å². The van der Waals surface area contributed by atoms with Gasteiger partial charge in [-0.15, -0.1) is 0 Å². The Hall–Kier alpha value is 1.71. The molecule has 0 saturated carbocycles. The van der Waals surface area contributed by atoms with Gasteiger partial charge in [-0.05, 0) is 38.5 Å². The van der Waals surface area contributed by atoms with E-state index in [9.17, 15) is 28.4 Å². The van der Waals surface area contributed by atoms with Gasteiger partial charge in [-0.3, -0.25) is 13.7 Å². The van der Waals surface area contributed by atoms with Crippen LogP contribution in [-0.4, -0.2) is 39.6 Å². The molecule has 0 aliphatic carbocycles. The second-order valence-corrected chi connectivity index (χ2v) is 12.7. The van der Waals surface area contributed by atoms with Gasteiger partial charge in [-0.2, -0.15) is 0 Å². The largest absolute Gasteiger partial charge is 3.00 e. The van der Waals surface area contributed by atoms with E-state index in [0.29, 0.717) is 0 Å². The molecule has 0 fully saturated rings. The van der Waals surface area contributed by atoms with Gasteiger partial charge in [-0.25, -0.2) is 0 Å². The Bertz CT molecular complexity index is 531. The Morgan fingerprint density at radius 3 is 0.600 bits per heavy atom. The van der Waals surface area contributed by atoms with Crippen molar-refractivity contribution >= 4 is 23.5 Å². The van der Waals surface area contributed by atoms with Gasteiger partial charge < -0.3 is 41.8 Å². The molecule has 0 aliphatic rings. The molecular weight excluding hydrogens is 713 g/mol. The van der Waals surface area contributed by atoms with Gasteiger partial charge in [0.1, 0.15) is 0 Å². The minimum absolute atomic E-state index is 0. The molecule has 16 heteroatoms. The Kier molecular flexibility index (Phi) is 40.8. The molecule has 0 aromatic heterocycles. The summed E-state index contributed by atoms with van der Waals surface area (Å²) in [6, 6.07) is 0. The number of unbranched alkanes of at least 4 members (excludes halogenated alkanes) is 6. The summed E-state index contributed by atoms with van der Waals surface area (Å²) in [6.07, 6.45) is 9.91. The maximum Gasteiger partial charge on any atom is 3.00 e. The molecule has 0 heterocycles. The van der Waals surface area contributed by atoms with E-state index in [1.807, 2.05) is 41.5 Å². The number of hydrogen-bond donors (Lipinski definition) is 0. The van der Waals surface area contributed by atoms with Crippen LogP contribution in [0.2, 0.25) is 0 Å². The van der Waals surface area contributed by atoms with Gasteiger partial charge in [0.25, 0.3) is 23.5 Å². The summed E-state index contributed by atoms with van der Waals surface area (Å²) in [5.41, 5.74) is 0. The van der Waals surface area contributed by atoms with E-state index in [1.165, 1.54) is 0 Å². The average Bonchev–Trinajstić information content (AvgIpc) is 2.85. The summed E-state index contributed by atoms with van der Waals surface area (Å²) >= 11 is 0.